The van der Waals surface area contributed by atoms with Crippen molar-refractivity contribution >= 4 is 18.0 Å². The fourth-order valence-corrected chi connectivity index (χ4v) is 2.46. The molecule has 0 aliphatic heterocycles. The summed E-state index contributed by atoms with van der Waals surface area (Å²) in [5.41, 5.74) is 1.09. The molecule has 0 aromatic heterocycles. The number of methoxy groups -OCH3 is 3. The van der Waals surface area contributed by atoms with Crippen molar-refractivity contribution in [2.24, 2.45) is 0 Å². The van der Waals surface area contributed by atoms with Gasteiger partial charge in [-0.05, 0) is 50.1 Å². The quantitative estimate of drug-likeness (QED) is 0.485. The van der Waals surface area contributed by atoms with E-state index < -0.39 is 12.1 Å². The van der Waals surface area contributed by atoms with Crippen LogP contribution < -0.4 is 10.1 Å². The lowest BCUT2D eigenvalue weighted by molar-refractivity contribution is -0.153. The topological polar surface area (TPSA) is 83.1 Å². The van der Waals surface area contributed by atoms with E-state index in [0.29, 0.717) is 11.3 Å². The molecule has 0 heterocycles. The van der Waals surface area contributed by atoms with Crippen LogP contribution in [0.5, 0.6) is 5.75 Å². The van der Waals surface area contributed by atoms with Crippen molar-refractivity contribution in [3.63, 3.8) is 0 Å². The number of rotatable bonds is 10. The number of carbonyl (C=O) groups excluding carboxylic acids is 2. The largest absolute Gasteiger partial charge is 0.497 e. The molecule has 7 heteroatoms. The number of nitrogens with one attached hydrogen (secondary N) is 1. The average molecular weight is 393 g/mol. The lowest BCUT2D eigenvalue weighted by Crippen LogP contribution is -2.39. The Labute approximate surface area is 167 Å². The van der Waals surface area contributed by atoms with E-state index in [1.807, 2.05) is 20.8 Å². The molecule has 0 radical (unpaired) electrons. The molecule has 0 atom stereocenters. The standard InChI is InChI=1S/C21H31NO6/c1-21(2,3)22-19(23)10-8-15-11-17(27-6)9-7-16(15)12-20(24)28-18(13-25-4)14-26-5/h7-11,18H,12-14H2,1-6H3,(H,22,23)/b10-8+. The highest BCUT2D eigenvalue weighted by molar-refractivity contribution is 5.92. The van der Waals surface area contributed by atoms with Crippen LogP contribution in [0.4, 0.5) is 0 Å². The van der Waals surface area contributed by atoms with Gasteiger partial charge >= 0.3 is 5.97 Å². The molecule has 0 unspecified atom stereocenters. The molecular weight excluding hydrogens is 362 g/mol. The Morgan fingerprint density at radius 1 is 1.11 bits per heavy atom. The number of benzene rings is 1. The number of hydrogen-bond acceptors (Lipinski definition) is 6. The maximum Gasteiger partial charge on any atom is 0.310 e. The first-order chi connectivity index (χ1) is 13.2. The molecule has 7 nitrogen and oxygen atoms in total. The number of esters is 1. The van der Waals surface area contributed by atoms with Gasteiger partial charge in [0.05, 0.1) is 26.7 Å². The van der Waals surface area contributed by atoms with E-state index in [9.17, 15) is 9.59 Å². The molecule has 0 saturated heterocycles. The van der Waals surface area contributed by atoms with Crippen molar-refractivity contribution < 1.29 is 28.5 Å². The third-order valence-corrected chi connectivity index (χ3v) is 3.60. The molecule has 0 saturated carbocycles. The molecule has 1 N–H and O–H groups in total. The van der Waals surface area contributed by atoms with Crippen LogP contribution in [0.3, 0.4) is 0 Å². The first-order valence-electron chi connectivity index (χ1n) is 9.03. The van der Waals surface area contributed by atoms with Crippen molar-refractivity contribution in [2.45, 2.75) is 38.8 Å². The summed E-state index contributed by atoms with van der Waals surface area (Å²) < 4.78 is 20.7. The molecule has 1 amide bonds. The van der Waals surface area contributed by atoms with Crippen LogP contribution in [0, 0.1) is 0 Å². The molecular formula is C21H31NO6. The Bertz CT molecular complexity index is 672. The maximum atomic E-state index is 12.3. The third kappa shape index (κ3) is 9.01. The summed E-state index contributed by atoms with van der Waals surface area (Å²) in [7, 11) is 4.63. The minimum Gasteiger partial charge on any atom is -0.497 e. The summed E-state index contributed by atoms with van der Waals surface area (Å²) in [6.45, 7) is 6.22. The second-order valence-corrected chi connectivity index (χ2v) is 7.34. The lowest BCUT2D eigenvalue weighted by atomic mass is 10.0. The zero-order chi connectivity index (χ0) is 21.2. The van der Waals surface area contributed by atoms with Gasteiger partial charge in [-0.3, -0.25) is 9.59 Å². The minimum atomic E-state index is -0.475. The van der Waals surface area contributed by atoms with Crippen molar-refractivity contribution in [1.29, 1.82) is 0 Å². The van der Waals surface area contributed by atoms with E-state index in [4.69, 9.17) is 18.9 Å². The van der Waals surface area contributed by atoms with Crippen LogP contribution in [0.25, 0.3) is 6.08 Å². The van der Waals surface area contributed by atoms with E-state index >= 15 is 0 Å². The predicted octanol–water partition coefficient (Wildman–Crippen LogP) is 2.37. The highest BCUT2D eigenvalue weighted by Gasteiger charge is 2.16. The lowest BCUT2D eigenvalue weighted by Gasteiger charge is -2.19. The first kappa shape index (κ1) is 23.7. The van der Waals surface area contributed by atoms with Crippen LogP contribution in [0.1, 0.15) is 31.9 Å². The fourth-order valence-electron chi connectivity index (χ4n) is 2.46. The van der Waals surface area contributed by atoms with Gasteiger partial charge in [-0.1, -0.05) is 6.07 Å². The van der Waals surface area contributed by atoms with Crippen LogP contribution >= 0.6 is 0 Å². The molecule has 1 aromatic rings. The first-order valence-corrected chi connectivity index (χ1v) is 9.03. The molecule has 156 valence electrons. The molecule has 0 spiro atoms. The SMILES string of the molecule is COCC(COC)OC(=O)Cc1ccc(OC)cc1/C=C/C(=O)NC(C)(C)C. The Kier molecular flexibility index (Phi) is 9.68. The maximum absolute atomic E-state index is 12.3. The second kappa shape index (κ2) is 11.5. The van der Waals surface area contributed by atoms with Crippen LogP contribution in [-0.4, -0.2) is 58.1 Å². The van der Waals surface area contributed by atoms with Gasteiger partial charge in [-0.25, -0.2) is 0 Å². The zero-order valence-corrected chi connectivity index (χ0v) is 17.5. The van der Waals surface area contributed by atoms with Crippen molar-refractivity contribution in [1.82, 2.24) is 5.32 Å². The van der Waals surface area contributed by atoms with Crippen LogP contribution in [-0.2, 0) is 30.2 Å². The van der Waals surface area contributed by atoms with Gasteiger partial charge < -0.3 is 24.3 Å². The van der Waals surface area contributed by atoms with Crippen LogP contribution in [0.2, 0.25) is 0 Å². The summed E-state index contributed by atoms with van der Waals surface area (Å²) in [4.78, 5) is 24.4. The third-order valence-electron chi connectivity index (χ3n) is 3.60. The monoisotopic (exact) mass is 393 g/mol. The molecule has 0 bridgehead atoms. The van der Waals surface area contributed by atoms with Crippen molar-refractivity contribution in [3.05, 3.63) is 35.4 Å². The Balaban J connectivity index is 2.93. The van der Waals surface area contributed by atoms with Gasteiger partial charge in [0.2, 0.25) is 5.91 Å². The van der Waals surface area contributed by atoms with Gasteiger partial charge in [0.1, 0.15) is 11.9 Å². The van der Waals surface area contributed by atoms with Gasteiger partial charge in [0.15, 0.2) is 0 Å². The number of carbonyl (C=O) groups is 2. The van der Waals surface area contributed by atoms with Gasteiger partial charge in [0.25, 0.3) is 0 Å². The van der Waals surface area contributed by atoms with E-state index in [1.165, 1.54) is 20.3 Å². The molecule has 28 heavy (non-hydrogen) atoms. The van der Waals surface area contributed by atoms with Crippen molar-refractivity contribution in [3.8, 4) is 5.75 Å². The van der Waals surface area contributed by atoms with E-state index in [1.54, 1.807) is 31.4 Å². The average Bonchev–Trinajstić information content (AvgIpc) is 2.59. The predicted molar refractivity (Wildman–Crippen MR) is 107 cm³/mol. The van der Waals surface area contributed by atoms with Crippen molar-refractivity contribution in [2.75, 3.05) is 34.5 Å². The molecule has 1 aromatic carbocycles. The van der Waals surface area contributed by atoms with E-state index in [2.05, 4.69) is 5.32 Å². The number of hydrogen-bond donors (Lipinski definition) is 1. The summed E-state index contributed by atoms with van der Waals surface area (Å²) >= 11 is 0. The number of amides is 1. The highest BCUT2D eigenvalue weighted by Crippen LogP contribution is 2.20. The Hall–Kier alpha value is -2.38. The van der Waals surface area contributed by atoms with Gasteiger partial charge in [-0.2, -0.15) is 0 Å². The second-order valence-electron chi connectivity index (χ2n) is 7.34. The minimum absolute atomic E-state index is 0.0501. The summed E-state index contributed by atoms with van der Waals surface area (Å²) in [5, 5.41) is 2.86. The molecule has 1 rings (SSSR count). The van der Waals surface area contributed by atoms with E-state index in [-0.39, 0.29) is 31.1 Å². The van der Waals surface area contributed by atoms with Gasteiger partial charge in [-0.15, -0.1) is 0 Å². The number of ether oxygens (including phenoxy) is 4. The highest BCUT2D eigenvalue weighted by atomic mass is 16.6. The molecule has 0 fully saturated rings. The normalized spacial score (nSPS) is 11.7. The molecule has 0 aliphatic carbocycles. The summed E-state index contributed by atoms with van der Waals surface area (Å²) in [6.07, 6.45) is 2.67. The zero-order valence-electron chi connectivity index (χ0n) is 17.5. The summed E-state index contributed by atoms with van der Waals surface area (Å²) in [5.74, 6) is 0.00630. The molecule has 0 aliphatic rings. The smallest absolute Gasteiger partial charge is 0.310 e. The van der Waals surface area contributed by atoms with Gasteiger partial charge in [0, 0.05) is 25.8 Å². The summed E-state index contributed by atoms with van der Waals surface area (Å²) in [6, 6.07) is 5.31. The fraction of sp³-hybridized carbons (Fsp3) is 0.524. The van der Waals surface area contributed by atoms with Crippen LogP contribution in [0.15, 0.2) is 24.3 Å². The Morgan fingerprint density at radius 2 is 1.75 bits per heavy atom. The Morgan fingerprint density at radius 3 is 2.29 bits per heavy atom. The van der Waals surface area contributed by atoms with E-state index in [0.717, 1.165) is 5.56 Å².